The van der Waals surface area contributed by atoms with E-state index >= 15 is 0 Å². The summed E-state index contributed by atoms with van der Waals surface area (Å²) >= 11 is 3.42. The number of nitrogens with zero attached hydrogens (tertiary/aromatic N) is 1. The summed E-state index contributed by atoms with van der Waals surface area (Å²) in [7, 11) is 0. The van der Waals surface area contributed by atoms with E-state index in [4.69, 9.17) is 5.73 Å². The molecule has 0 bridgehead atoms. The van der Waals surface area contributed by atoms with Crippen LogP contribution in [-0.4, -0.2) is 11.5 Å². The smallest absolute Gasteiger partial charge is 0.133 e. The quantitative estimate of drug-likeness (QED) is 0.870. The Kier molecular flexibility index (Phi) is 2.96. The van der Waals surface area contributed by atoms with Crippen LogP contribution in [0.5, 0.6) is 0 Å². The number of aromatic nitrogens is 1. The molecular weight excluding hydrogens is 212 g/mol. The van der Waals surface area contributed by atoms with Crippen molar-refractivity contribution in [1.82, 2.24) is 4.98 Å². The molecule has 0 aliphatic carbocycles. The van der Waals surface area contributed by atoms with Crippen molar-refractivity contribution in [3.63, 3.8) is 0 Å². The fourth-order valence-corrected chi connectivity index (χ4v) is 2.90. The van der Waals surface area contributed by atoms with Gasteiger partial charge in [-0.05, 0) is 11.4 Å². The zero-order chi connectivity index (χ0) is 9.97. The molecule has 0 aromatic carbocycles. The van der Waals surface area contributed by atoms with E-state index in [1.54, 1.807) is 22.7 Å². The van der Waals surface area contributed by atoms with Crippen LogP contribution in [0.3, 0.4) is 0 Å². The second-order valence-corrected chi connectivity index (χ2v) is 5.00. The van der Waals surface area contributed by atoms with Crippen molar-refractivity contribution >= 4 is 22.7 Å². The van der Waals surface area contributed by atoms with E-state index in [9.17, 15) is 0 Å². The summed E-state index contributed by atoms with van der Waals surface area (Å²) in [6.45, 7) is 2.76. The minimum atomic E-state index is 0.361. The van der Waals surface area contributed by atoms with Gasteiger partial charge in [-0.25, -0.2) is 4.98 Å². The van der Waals surface area contributed by atoms with Crippen molar-refractivity contribution in [2.75, 3.05) is 6.54 Å². The van der Waals surface area contributed by atoms with Crippen molar-refractivity contribution in [2.24, 2.45) is 5.73 Å². The predicted molar refractivity (Wildman–Crippen MR) is 62.9 cm³/mol. The predicted octanol–water partition coefficient (Wildman–Crippen LogP) is 2.93. The first-order valence-electron chi connectivity index (χ1n) is 4.50. The molecule has 0 amide bonds. The Morgan fingerprint density at radius 3 is 3.00 bits per heavy atom. The van der Waals surface area contributed by atoms with E-state index in [1.807, 2.05) is 6.07 Å². The van der Waals surface area contributed by atoms with Crippen molar-refractivity contribution in [3.8, 4) is 9.88 Å². The number of rotatable bonds is 3. The maximum Gasteiger partial charge on any atom is 0.133 e. The lowest BCUT2D eigenvalue weighted by atomic mass is 10.1. The SMILES string of the molecule is CC(CN)c1csc(-c2cccs2)n1. The number of hydrogen-bond acceptors (Lipinski definition) is 4. The van der Waals surface area contributed by atoms with Gasteiger partial charge in [-0.3, -0.25) is 0 Å². The van der Waals surface area contributed by atoms with Gasteiger partial charge in [0, 0.05) is 17.8 Å². The highest BCUT2D eigenvalue weighted by Gasteiger charge is 2.09. The zero-order valence-electron chi connectivity index (χ0n) is 7.93. The third-order valence-corrected chi connectivity index (χ3v) is 4.01. The van der Waals surface area contributed by atoms with Gasteiger partial charge in [0.25, 0.3) is 0 Å². The average molecular weight is 224 g/mol. The van der Waals surface area contributed by atoms with Gasteiger partial charge in [-0.1, -0.05) is 13.0 Å². The van der Waals surface area contributed by atoms with Gasteiger partial charge in [0.15, 0.2) is 0 Å². The van der Waals surface area contributed by atoms with Crippen molar-refractivity contribution < 1.29 is 0 Å². The first-order chi connectivity index (χ1) is 6.81. The maximum atomic E-state index is 5.60. The lowest BCUT2D eigenvalue weighted by Gasteiger charge is -2.02. The van der Waals surface area contributed by atoms with Crippen molar-refractivity contribution in [2.45, 2.75) is 12.8 Å². The first kappa shape index (κ1) is 9.83. The summed E-state index contributed by atoms with van der Waals surface area (Å²) in [6, 6.07) is 4.15. The molecule has 74 valence electrons. The van der Waals surface area contributed by atoms with E-state index in [-0.39, 0.29) is 0 Å². The van der Waals surface area contributed by atoms with Crippen LogP contribution in [0.4, 0.5) is 0 Å². The summed E-state index contributed by atoms with van der Waals surface area (Å²) in [5.41, 5.74) is 6.71. The summed E-state index contributed by atoms with van der Waals surface area (Å²) in [5, 5.41) is 5.28. The third-order valence-electron chi connectivity index (χ3n) is 2.11. The number of hydrogen-bond donors (Lipinski definition) is 1. The standard InChI is InChI=1S/C10H12N2S2/c1-7(5-11)8-6-14-10(12-8)9-3-2-4-13-9/h2-4,6-7H,5,11H2,1H3. The Morgan fingerprint density at radius 1 is 1.50 bits per heavy atom. The van der Waals surface area contributed by atoms with Gasteiger partial charge < -0.3 is 5.73 Å². The van der Waals surface area contributed by atoms with E-state index in [2.05, 4.69) is 28.7 Å². The van der Waals surface area contributed by atoms with Crippen molar-refractivity contribution in [1.29, 1.82) is 0 Å². The highest BCUT2D eigenvalue weighted by molar-refractivity contribution is 7.20. The molecule has 0 radical (unpaired) electrons. The molecule has 0 spiro atoms. The minimum Gasteiger partial charge on any atom is -0.330 e. The fourth-order valence-electron chi connectivity index (χ4n) is 1.15. The molecule has 2 heterocycles. The Bertz CT molecular complexity index is 392. The molecule has 4 heteroatoms. The van der Waals surface area contributed by atoms with Gasteiger partial charge >= 0.3 is 0 Å². The topological polar surface area (TPSA) is 38.9 Å². The second-order valence-electron chi connectivity index (χ2n) is 3.19. The molecule has 2 N–H and O–H groups in total. The van der Waals surface area contributed by atoms with Crippen LogP contribution in [0.25, 0.3) is 9.88 Å². The van der Waals surface area contributed by atoms with Gasteiger partial charge in [-0.15, -0.1) is 22.7 Å². The summed E-state index contributed by atoms with van der Waals surface area (Å²) in [4.78, 5) is 5.81. The van der Waals surface area contributed by atoms with E-state index in [0.717, 1.165) is 10.7 Å². The van der Waals surface area contributed by atoms with Crippen LogP contribution < -0.4 is 5.73 Å². The Labute approximate surface area is 91.4 Å². The molecule has 1 atom stereocenters. The van der Waals surface area contributed by atoms with Crippen molar-refractivity contribution in [3.05, 3.63) is 28.6 Å². The van der Waals surface area contributed by atoms with Gasteiger partial charge in [0.05, 0.1) is 10.6 Å². The first-order valence-corrected chi connectivity index (χ1v) is 6.26. The molecule has 0 fully saturated rings. The van der Waals surface area contributed by atoms with E-state index in [1.165, 1.54) is 4.88 Å². The number of nitrogens with two attached hydrogens (primary N) is 1. The molecule has 0 aliphatic rings. The minimum absolute atomic E-state index is 0.361. The van der Waals surface area contributed by atoms with Crippen LogP contribution in [-0.2, 0) is 0 Å². The second kappa shape index (κ2) is 4.21. The summed E-state index contributed by atoms with van der Waals surface area (Å²) in [5.74, 6) is 0.361. The van der Waals surface area contributed by atoms with Crippen LogP contribution in [0.1, 0.15) is 18.5 Å². The Balaban J connectivity index is 2.26. The molecule has 0 saturated carbocycles. The molecule has 0 aliphatic heterocycles. The lowest BCUT2D eigenvalue weighted by Crippen LogP contribution is -2.08. The Morgan fingerprint density at radius 2 is 2.36 bits per heavy atom. The van der Waals surface area contributed by atoms with Gasteiger partial charge in [0.2, 0.25) is 0 Å². The highest BCUT2D eigenvalue weighted by atomic mass is 32.1. The third kappa shape index (κ3) is 1.87. The molecule has 2 aromatic rings. The van der Waals surface area contributed by atoms with Crippen LogP contribution >= 0.6 is 22.7 Å². The number of thiazole rings is 1. The monoisotopic (exact) mass is 224 g/mol. The average Bonchev–Trinajstić information content (AvgIpc) is 2.86. The van der Waals surface area contributed by atoms with Crippen LogP contribution in [0, 0.1) is 0 Å². The molecule has 2 rings (SSSR count). The summed E-state index contributed by atoms with van der Waals surface area (Å²) < 4.78 is 0. The van der Waals surface area contributed by atoms with Gasteiger partial charge in [-0.2, -0.15) is 0 Å². The fraction of sp³-hybridized carbons (Fsp3) is 0.300. The highest BCUT2D eigenvalue weighted by Crippen LogP contribution is 2.29. The van der Waals surface area contributed by atoms with E-state index in [0.29, 0.717) is 12.5 Å². The molecule has 1 unspecified atom stereocenters. The normalized spacial score (nSPS) is 13.0. The van der Waals surface area contributed by atoms with E-state index < -0.39 is 0 Å². The largest absolute Gasteiger partial charge is 0.330 e. The molecule has 2 nitrogen and oxygen atoms in total. The molecule has 2 aromatic heterocycles. The van der Waals surface area contributed by atoms with Crippen LogP contribution in [0.15, 0.2) is 22.9 Å². The lowest BCUT2D eigenvalue weighted by molar-refractivity contribution is 0.752. The Hall–Kier alpha value is -0.710. The van der Waals surface area contributed by atoms with Gasteiger partial charge in [0.1, 0.15) is 5.01 Å². The van der Waals surface area contributed by atoms with Crippen LogP contribution in [0.2, 0.25) is 0 Å². The summed E-state index contributed by atoms with van der Waals surface area (Å²) in [6.07, 6.45) is 0. The molecule has 14 heavy (non-hydrogen) atoms. The maximum absolute atomic E-state index is 5.60. The zero-order valence-corrected chi connectivity index (χ0v) is 9.57. The molecular formula is C10H12N2S2. The number of thiophene rings is 1. The molecule has 0 saturated heterocycles.